The standard InChI is InChI=1S/C21H18N4O3/c1-11-4-7-15-16(9-11)23-18(22-15)17-3-2-8-25(17)21(28)12-5-6-13-14(10-12)20(27)24-19(13)26/h4-7,9-10,17H,2-3,8H2,1H3,(H,22,23)(H,24,26,27). The van der Waals surface area contributed by atoms with Gasteiger partial charge in [-0.25, -0.2) is 4.98 Å². The molecule has 0 aliphatic carbocycles. The molecule has 1 atom stereocenters. The van der Waals surface area contributed by atoms with E-state index in [9.17, 15) is 14.4 Å². The van der Waals surface area contributed by atoms with E-state index in [2.05, 4.69) is 15.3 Å². The zero-order valence-corrected chi connectivity index (χ0v) is 15.3. The van der Waals surface area contributed by atoms with Gasteiger partial charge in [-0.3, -0.25) is 19.7 Å². The molecule has 28 heavy (non-hydrogen) atoms. The van der Waals surface area contributed by atoms with Gasteiger partial charge in [0.05, 0.1) is 28.2 Å². The highest BCUT2D eigenvalue weighted by Crippen LogP contribution is 2.33. The lowest BCUT2D eigenvalue weighted by atomic mass is 10.0. The third-order valence-electron chi connectivity index (χ3n) is 5.47. The Morgan fingerprint density at radius 2 is 1.93 bits per heavy atom. The molecule has 2 aliphatic heterocycles. The fraction of sp³-hybridized carbons (Fsp3) is 0.238. The summed E-state index contributed by atoms with van der Waals surface area (Å²) in [7, 11) is 0. The first-order chi connectivity index (χ1) is 13.5. The molecule has 0 bridgehead atoms. The molecule has 0 radical (unpaired) electrons. The van der Waals surface area contributed by atoms with Crippen molar-refractivity contribution in [1.82, 2.24) is 20.2 Å². The lowest BCUT2D eigenvalue weighted by molar-refractivity contribution is 0.0730. The second-order valence-corrected chi connectivity index (χ2v) is 7.34. The van der Waals surface area contributed by atoms with Gasteiger partial charge in [0.1, 0.15) is 5.82 Å². The van der Waals surface area contributed by atoms with Crippen LogP contribution in [0.2, 0.25) is 0 Å². The number of aryl methyl sites for hydroxylation is 1. The Kier molecular flexibility index (Phi) is 3.58. The number of aromatic nitrogens is 2. The van der Waals surface area contributed by atoms with Crippen molar-refractivity contribution in [2.45, 2.75) is 25.8 Å². The predicted octanol–water partition coefficient (Wildman–Crippen LogP) is 2.73. The molecule has 1 aromatic heterocycles. The van der Waals surface area contributed by atoms with Crippen molar-refractivity contribution in [1.29, 1.82) is 0 Å². The molecule has 1 unspecified atom stereocenters. The SMILES string of the molecule is Cc1ccc2nc(C3CCCN3C(=O)c3ccc4c(c3)C(=O)NC4=O)[nH]c2c1. The van der Waals surface area contributed by atoms with Crippen LogP contribution in [0.25, 0.3) is 11.0 Å². The van der Waals surface area contributed by atoms with E-state index in [1.165, 1.54) is 12.1 Å². The average molecular weight is 374 g/mol. The number of carbonyl (C=O) groups is 3. The molecule has 5 rings (SSSR count). The van der Waals surface area contributed by atoms with Gasteiger partial charge in [0.25, 0.3) is 17.7 Å². The predicted molar refractivity (Wildman–Crippen MR) is 102 cm³/mol. The first-order valence-corrected chi connectivity index (χ1v) is 9.28. The maximum Gasteiger partial charge on any atom is 0.258 e. The summed E-state index contributed by atoms with van der Waals surface area (Å²) in [6.45, 7) is 2.65. The van der Waals surface area contributed by atoms with Crippen molar-refractivity contribution in [2.24, 2.45) is 0 Å². The zero-order valence-electron chi connectivity index (χ0n) is 15.3. The number of rotatable bonds is 2. The molecule has 2 N–H and O–H groups in total. The number of imide groups is 1. The van der Waals surface area contributed by atoms with Gasteiger partial charge >= 0.3 is 0 Å². The first kappa shape index (κ1) is 16.7. The molecule has 7 nitrogen and oxygen atoms in total. The molecule has 1 saturated heterocycles. The number of likely N-dealkylation sites (tertiary alicyclic amines) is 1. The van der Waals surface area contributed by atoms with E-state index in [1.54, 1.807) is 11.0 Å². The third-order valence-corrected chi connectivity index (χ3v) is 5.47. The smallest absolute Gasteiger partial charge is 0.258 e. The lowest BCUT2D eigenvalue weighted by Gasteiger charge is -2.23. The minimum absolute atomic E-state index is 0.135. The molecular weight excluding hydrogens is 356 g/mol. The third kappa shape index (κ3) is 2.51. The summed E-state index contributed by atoms with van der Waals surface area (Å²) in [5.41, 5.74) is 3.96. The summed E-state index contributed by atoms with van der Waals surface area (Å²) in [5, 5.41) is 2.25. The van der Waals surface area contributed by atoms with Gasteiger partial charge in [-0.1, -0.05) is 6.07 Å². The van der Waals surface area contributed by atoms with Crippen LogP contribution in [0.15, 0.2) is 36.4 Å². The summed E-state index contributed by atoms with van der Waals surface area (Å²) < 4.78 is 0. The van der Waals surface area contributed by atoms with Crippen LogP contribution < -0.4 is 5.32 Å². The Hall–Kier alpha value is -3.48. The normalized spacial score (nSPS) is 18.6. The second-order valence-electron chi connectivity index (χ2n) is 7.34. The van der Waals surface area contributed by atoms with E-state index in [0.717, 1.165) is 35.3 Å². The molecule has 0 saturated carbocycles. The Bertz CT molecular complexity index is 1160. The molecule has 7 heteroatoms. The van der Waals surface area contributed by atoms with Crippen LogP contribution in [-0.2, 0) is 0 Å². The lowest BCUT2D eigenvalue weighted by Crippen LogP contribution is -2.31. The van der Waals surface area contributed by atoms with E-state index >= 15 is 0 Å². The topological polar surface area (TPSA) is 95.2 Å². The maximum atomic E-state index is 13.2. The molecule has 2 aliphatic rings. The largest absolute Gasteiger partial charge is 0.340 e. The van der Waals surface area contributed by atoms with E-state index in [4.69, 9.17) is 0 Å². The number of nitrogens with zero attached hydrogens (tertiary/aromatic N) is 2. The number of hydrogen-bond donors (Lipinski definition) is 2. The number of aromatic amines is 1. The summed E-state index contributed by atoms with van der Waals surface area (Å²) in [6, 6.07) is 10.6. The molecule has 1 fully saturated rings. The fourth-order valence-corrected chi connectivity index (χ4v) is 4.06. The molecule has 3 heterocycles. The summed E-state index contributed by atoms with van der Waals surface area (Å²) >= 11 is 0. The van der Waals surface area contributed by atoms with E-state index in [1.807, 2.05) is 25.1 Å². The number of H-pyrrole nitrogens is 1. The van der Waals surface area contributed by atoms with Crippen molar-refractivity contribution in [2.75, 3.05) is 6.54 Å². The number of nitrogens with one attached hydrogen (secondary N) is 2. The van der Waals surface area contributed by atoms with Crippen molar-refractivity contribution in [3.8, 4) is 0 Å². The van der Waals surface area contributed by atoms with Crippen molar-refractivity contribution >= 4 is 28.8 Å². The van der Waals surface area contributed by atoms with Gasteiger partial charge in [-0.2, -0.15) is 0 Å². The molecular formula is C21H18N4O3. The Labute approximate surface area is 160 Å². The summed E-state index contributed by atoms with van der Waals surface area (Å²) in [5.74, 6) is -0.259. The van der Waals surface area contributed by atoms with Crippen LogP contribution in [0.3, 0.4) is 0 Å². The van der Waals surface area contributed by atoms with E-state index in [0.29, 0.717) is 17.7 Å². The van der Waals surface area contributed by atoms with Crippen LogP contribution in [0.1, 0.15) is 61.3 Å². The quantitative estimate of drug-likeness (QED) is 0.674. The molecule has 3 amide bonds. The minimum atomic E-state index is -0.458. The number of hydrogen-bond acceptors (Lipinski definition) is 4. The number of benzene rings is 2. The van der Waals surface area contributed by atoms with Crippen molar-refractivity contribution < 1.29 is 14.4 Å². The zero-order chi connectivity index (χ0) is 19.4. The summed E-state index contributed by atoms with van der Waals surface area (Å²) in [6.07, 6.45) is 1.71. The van der Waals surface area contributed by atoms with Gasteiger partial charge in [-0.15, -0.1) is 0 Å². The number of carbonyl (C=O) groups excluding carboxylic acids is 3. The average Bonchev–Trinajstić information content (AvgIpc) is 3.38. The van der Waals surface area contributed by atoms with E-state index in [-0.39, 0.29) is 17.5 Å². The fourth-order valence-electron chi connectivity index (χ4n) is 4.06. The second kappa shape index (κ2) is 6.02. The van der Waals surface area contributed by atoms with Crippen LogP contribution in [-0.4, -0.2) is 39.1 Å². The van der Waals surface area contributed by atoms with Crippen LogP contribution in [0.4, 0.5) is 0 Å². The summed E-state index contributed by atoms with van der Waals surface area (Å²) in [4.78, 5) is 46.6. The highest BCUT2D eigenvalue weighted by molar-refractivity contribution is 6.22. The monoisotopic (exact) mass is 374 g/mol. The molecule has 0 spiro atoms. The highest BCUT2D eigenvalue weighted by atomic mass is 16.2. The van der Waals surface area contributed by atoms with Gasteiger partial charge in [0.15, 0.2) is 0 Å². The molecule has 140 valence electrons. The van der Waals surface area contributed by atoms with Gasteiger partial charge in [-0.05, 0) is 55.7 Å². The first-order valence-electron chi connectivity index (χ1n) is 9.28. The van der Waals surface area contributed by atoms with Gasteiger partial charge < -0.3 is 9.88 Å². The number of fused-ring (bicyclic) bond motifs is 2. The van der Waals surface area contributed by atoms with Gasteiger partial charge in [0, 0.05) is 12.1 Å². The van der Waals surface area contributed by atoms with Crippen LogP contribution in [0.5, 0.6) is 0 Å². The number of imidazole rings is 1. The Morgan fingerprint density at radius 3 is 2.79 bits per heavy atom. The molecule has 3 aromatic rings. The number of amides is 3. The van der Waals surface area contributed by atoms with Crippen LogP contribution >= 0.6 is 0 Å². The Balaban J connectivity index is 1.48. The van der Waals surface area contributed by atoms with Crippen LogP contribution in [0, 0.1) is 6.92 Å². The van der Waals surface area contributed by atoms with Crippen molar-refractivity contribution in [3.63, 3.8) is 0 Å². The van der Waals surface area contributed by atoms with Gasteiger partial charge in [0.2, 0.25) is 0 Å². The minimum Gasteiger partial charge on any atom is -0.340 e. The molecule has 2 aromatic carbocycles. The van der Waals surface area contributed by atoms with E-state index < -0.39 is 11.8 Å². The van der Waals surface area contributed by atoms with Crippen molar-refractivity contribution in [3.05, 3.63) is 64.5 Å². The Morgan fingerprint density at radius 1 is 1.11 bits per heavy atom. The highest BCUT2D eigenvalue weighted by Gasteiger charge is 2.34. The maximum absolute atomic E-state index is 13.2.